The Labute approximate surface area is 178 Å². The molecule has 31 heavy (non-hydrogen) atoms. The third kappa shape index (κ3) is 5.27. The van der Waals surface area contributed by atoms with Gasteiger partial charge in [-0.3, -0.25) is 24.6 Å². The van der Waals surface area contributed by atoms with Crippen LogP contribution in [0.5, 0.6) is 5.75 Å². The first-order valence-corrected chi connectivity index (χ1v) is 10.4. The summed E-state index contributed by atoms with van der Waals surface area (Å²) in [4.78, 5) is 45.6. The number of nitrogens with zero attached hydrogens (tertiary/aromatic N) is 2. The smallest absolute Gasteiger partial charge is 0.427 e. The molecule has 0 aliphatic carbocycles. The van der Waals surface area contributed by atoms with Crippen molar-refractivity contribution in [3.8, 4) is 5.75 Å². The third-order valence-corrected chi connectivity index (χ3v) is 6.49. The highest BCUT2D eigenvalue weighted by molar-refractivity contribution is 8.00. The van der Waals surface area contributed by atoms with E-state index < -0.39 is 41.1 Å². The Bertz CT molecular complexity index is 879. The zero-order chi connectivity index (χ0) is 22.8. The van der Waals surface area contributed by atoms with Crippen molar-refractivity contribution >= 4 is 35.4 Å². The van der Waals surface area contributed by atoms with E-state index in [4.69, 9.17) is 4.74 Å². The number of urea groups is 1. The number of carbonyl (C=O) groups excluding carboxylic acids is 3. The maximum Gasteiger partial charge on any atom is 0.471 e. The van der Waals surface area contributed by atoms with E-state index in [1.165, 1.54) is 36.0 Å². The highest BCUT2D eigenvalue weighted by Crippen LogP contribution is 2.38. The summed E-state index contributed by atoms with van der Waals surface area (Å²) >= 11 is 1.39. The number of rotatable bonds is 7. The van der Waals surface area contributed by atoms with Crippen LogP contribution in [0.1, 0.15) is 25.7 Å². The molecule has 0 radical (unpaired) electrons. The zero-order valence-electron chi connectivity index (χ0n) is 16.0. The predicted octanol–water partition coefficient (Wildman–Crippen LogP) is 3.03. The number of nitro benzene ring substituents is 1. The standard InChI is InChI=1S/C18H18F3N3O6S/c19-18(20,21)16(26)23-12-9-31-13(15(12)22-17(23)27)3-1-2-4-14(25)30-11-7-5-10(6-8-11)24(28)29/h5-8,12-13,15H,1-4,9H2,(H,22,27)/t12-,13+,15-/m1/s1. The average Bonchev–Trinajstić information content (AvgIpc) is 3.22. The lowest BCUT2D eigenvalue weighted by molar-refractivity contribution is -0.384. The summed E-state index contributed by atoms with van der Waals surface area (Å²) in [5.41, 5.74) is -0.123. The van der Waals surface area contributed by atoms with E-state index in [0.29, 0.717) is 19.3 Å². The number of carbonyl (C=O) groups is 3. The van der Waals surface area contributed by atoms with Gasteiger partial charge in [-0.1, -0.05) is 6.42 Å². The molecule has 1 aromatic rings. The summed E-state index contributed by atoms with van der Waals surface area (Å²) in [5, 5.41) is 12.9. The summed E-state index contributed by atoms with van der Waals surface area (Å²) in [6.07, 6.45) is -3.45. The molecule has 13 heteroatoms. The van der Waals surface area contributed by atoms with Gasteiger partial charge in [0.2, 0.25) is 0 Å². The Morgan fingerprint density at radius 3 is 2.55 bits per heavy atom. The number of halogens is 3. The molecule has 2 fully saturated rings. The molecule has 0 aromatic heterocycles. The van der Waals surface area contributed by atoms with E-state index in [1.807, 2.05) is 0 Å². The van der Waals surface area contributed by atoms with Crippen LogP contribution in [-0.2, 0) is 9.59 Å². The van der Waals surface area contributed by atoms with Crippen molar-refractivity contribution in [2.45, 2.75) is 49.2 Å². The molecule has 3 rings (SSSR count). The van der Waals surface area contributed by atoms with Gasteiger partial charge >= 0.3 is 24.1 Å². The number of hydrogen-bond acceptors (Lipinski definition) is 7. The van der Waals surface area contributed by atoms with Gasteiger partial charge < -0.3 is 10.1 Å². The molecule has 2 heterocycles. The van der Waals surface area contributed by atoms with Gasteiger partial charge in [0.25, 0.3) is 5.69 Å². The van der Waals surface area contributed by atoms with Crippen LogP contribution in [0.3, 0.4) is 0 Å². The van der Waals surface area contributed by atoms with E-state index >= 15 is 0 Å². The fourth-order valence-electron chi connectivity index (χ4n) is 3.54. The Morgan fingerprint density at radius 2 is 1.94 bits per heavy atom. The highest BCUT2D eigenvalue weighted by atomic mass is 32.2. The molecule has 2 saturated heterocycles. The van der Waals surface area contributed by atoms with Crippen molar-refractivity contribution in [1.82, 2.24) is 10.2 Å². The molecule has 3 amide bonds. The molecule has 1 aromatic carbocycles. The normalized spacial score (nSPS) is 22.7. The predicted molar refractivity (Wildman–Crippen MR) is 102 cm³/mol. The van der Waals surface area contributed by atoms with Crippen molar-refractivity contribution in [2.75, 3.05) is 5.75 Å². The number of nitro groups is 1. The van der Waals surface area contributed by atoms with Gasteiger partial charge in [-0.05, 0) is 25.0 Å². The van der Waals surface area contributed by atoms with E-state index in [-0.39, 0.29) is 33.8 Å². The number of ether oxygens (including phenoxy) is 1. The molecule has 168 valence electrons. The van der Waals surface area contributed by atoms with Gasteiger partial charge in [0.15, 0.2) is 0 Å². The first kappa shape index (κ1) is 22.8. The van der Waals surface area contributed by atoms with Gasteiger partial charge in [0.1, 0.15) is 5.75 Å². The molecule has 1 N–H and O–H groups in total. The second kappa shape index (κ2) is 9.12. The van der Waals surface area contributed by atoms with Crippen molar-refractivity contribution in [2.24, 2.45) is 0 Å². The van der Waals surface area contributed by atoms with Crippen LogP contribution in [0.15, 0.2) is 24.3 Å². The molecule has 2 aliphatic heterocycles. The minimum absolute atomic E-state index is 0.0908. The topological polar surface area (TPSA) is 119 Å². The van der Waals surface area contributed by atoms with Crippen LogP contribution < -0.4 is 10.1 Å². The first-order valence-electron chi connectivity index (χ1n) is 9.35. The minimum atomic E-state index is -5.11. The lowest BCUT2D eigenvalue weighted by atomic mass is 10.0. The number of hydrogen-bond donors (Lipinski definition) is 1. The number of benzene rings is 1. The monoisotopic (exact) mass is 461 g/mol. The van der Waals surface area contributed by atoms with E-state index in [0.717, 1.165) is 0 Å². The molecule has 0 unspecified atom stereocenters. The first-order chi connectivity index (χ1) is 14.6. The summed E-state index contributed by atoms with van der Waals surface area (Å²) in [7, 11) is 0. The molecular weight excluding hydrogens is 443 g/mol. The largest absolute Gasteiger partial charge is 0.471 e. The minimum Gasteiger partial charge on any atom is -0.427 e. The molecule has 2 aliphatic rings. The summed E-state index contributed by atoms with van der Waals surface area (Å²) in [6.45, 7) is 0. The molecule has 9 nitrogen and oxygen atoms in total. The summed E-state index contributed by atoms with van der Waals surface area (Å²) in [5.74, 6) is -2.26. The van der Waals surface area contributed by atoms with Gasteiger partial charge in [-0.25, -0.2) is 4.79 Å². The average molecular weight is 461 g/mol. The zero-order valence-corrected chi connectivity index (χ0v) is 16.8. The van der Waals surface area contributed by atoms with E-state index in [1.54, 1.807) is 0 Å². The highest BCUT2D eigenvalue weighted by Gasteiger charge is 2.56. The van der Waals surface area contributed by atoms with Crippen LogP contribution in [0, 0.1) is 10.1 Å². The second-order valence-corrected chi connectivity index (χ2v) is 8.33. The molecular formula is C18H18F3N3O6S. The van der Waals surface area contributed by atoms with Crippen molar-refractivity contribution in [3.63, 3.8) is 0 Å². The summed E-state index contributed by atoms with van der Waals surface area (Å²) in [6, 6.07) is 2.65. The molecule has 0 spiro atoms. The number of unbranched alkanes of at least 4 members (excludes halogenated alkanes) is 1. The number of alkyl halides is 3. The van der Waals surface area contributed by atoms with Crippen molar-refractivity contribution < 1.29 is 37.2 Å². The fourth-order valence-corrected chi connectivity index (χ4v) is 5.13. The van der Waals surface area contributed by atoms with Gasteiger partial charge in [-0.15, -0.1) is 0 Å². The van der Waals surface area contributed by atoms with Crippen molar-refractivity contribution in [3.05, 3.63) is 34.4 Å². The lowest BCUT2D eigenvalue weighted by Gasteiger charge is -2.20. The van der Waals surface area contributed by atoms with E-state index in [2.05, 4.69) is 5.32 Å². The fraction of sp³-hybridized carbons (Fsp3) is 0.500. The van der Waals surface area contributed by atoms with Crippen LogP contribution in [0.4, 0.5) is 23.7 Å². The SMILES string of the molecule is O=C(CCCC[C@@H]1SC[C@@H]2[C@H]1NC(=O)N2C(=O)C(F)(F)F)Oc1ccc([N+](=O)[O-])cc1. The Hall–Kier alpha value is -2.83. The maximum absolute atomic E-state index is 12.7. The second-order valence-electron chi connectivity index (χ2n) is 7.06. The lowest BCUT2D eigenvalue weighted by Crippen LogP contribution is -2.47. The summed E-state index contributed by atoms with van der Waals surface area (Å²) < 4.78 is 43.2. The van der Waals surface area contributed by atoms with Crippen LogP contribution >= 0.6 is 11.8 Å². The number of imide groups is 1. The van der Waals surface area contributed by atoms with Crippen LogP contribution in [0.25, 0.3) is 0 Å². The number of non-ortho nitro benzene ring substituents is 1. The number of amides is 3. The van der Waals surface area contributed by atoms with Gasteiger partial charge in [-0.2, -0.15) is 24.9 Å². The number of nitrogens with one attached hydrogen (secondary N) is 1. The van der Waals surface area contributed by atoms with Crippen LogP contribution in [0.2, 0.25) is 0 Å². The van der Waals surface area contributed by atoms with Gasteiger partial charge in [0.05, 0.1) is 17.0 Å². The number of fused-ring (bicyclic) bond motifs is 1. The van der Waals surface area contributed by atoms with Gasteiger partial charge in [0, 0.05) is 29.6 Å². The van der Waals surface area contributed by atoms with Crippen LogP contribution in [-0.4, -0.2) is 57.0 Å². The third-order valence-electron chi connectivity index (χ3n) is 5.00. The van der Waals surface area contributed by atoms with Crippen molar-refractivity contribution in [1.29, 1.82) is 0 Å². The quantitative estimate of drug-likeness (QED) is 0.166. The number of esters is 1. The maximum atomic E-state index is 12.7. The molecule has 0 saturated carbocycles. The van der Waals surface area contributed by atoms with E-state index in [9.17, 15) is 37.7 Å². The Balaban J connectivity index is 1.42. The Kier molecular flexibility index (Phi) is 6.72. The molecule has 3 atom stereocenters. The molecule has 0 bridgehead atoms. The number of thioether (sulfide) groups is 1. The Morgan fingerprint density at radius 1 is 1.26 bits per heavy atom.